The molecular formula is C18H17F3N2O3. The summed E-state index contributed by atoms with van der Waals surface area (Å²) in [5.41, 5.74) is 0.149. The molecule has 1 atom stereocenters. The maximum Gasteiger partial charge on any atom is 0.573 e. The highest BCUT2D eigenvalue weighted by Crippen LogP contribution is 2.25. The average molecular weight is 366 g/mol. The van der Waals surface area contributed by atoms with Gasteiger partial charge in [-0.3, -0.25) is 9.78 Å². The Labute approximate surface area is 148 Å². The topological polar surface area (TPSA) is 51.7 Å². The lowest BCUT2D eigenvalue weighted by Crippen LogP contribution is -2.44. The number of carbonyl (C=O) groups excluding carboxylic acids is 1. The van der Waals surface area contributed by atoms with Crippen molar-refractivity contribution in [2.45, 2.75) is 25.3 Å². The number of pyridine rings is 1. The molecule has 1 aliphatic heterocycles. The van der Waals surface area contributed by atoms with Gasteiger partial charge in [0.1, 0.15) is 17.6 Å². The average Bonchev–Trinajstić information content (AvgIpc) is 2.61. The summed E-state index contributed by atoms with van der Waals surface area (Å²) in [5, 5.41) is 0. The van der Waals surface area contributed by atoms with Gasteiger partial charge < -0.3 is 14.4 Å². The highest BCUT2D eigenvalue weighted by atomic mass is 19.4. The number of amides is 1. The first-order valence-electron chi connectivity index (χ1n) is 8.12. The van der Waals surface area contributed by atoms with Crippen molar-refractivity contribution in [1.82, 2.24) is 9.88 Å². The summed E-state index contributed by atoms with van der Waals surface area (Å²) in [6.07, 6.45) is -0.190. The largest absolute Gasteiger partial charge is 0.573 e. The Kier molecular flexibility index (Phi) is 5.29. The highest BCUT2D eigenvalue weighted by Gasteiger charge is 2.32. The van der Waals surface area contributed by atoms with Crippen LogP contribution in [0.4, 0.5) is 13.2 Å². The molecule has 1 amide bonds. The Morgan fingerprint density at radius 1 is 1.15 bits per heavy atom. The molecule has 1 saturated heterocycles. The molecule has 0 N–H and O–H groups in total. The lowest BCUT2D eigenvalue weighted by atomic mass is 10.1. The zero-order valence-corrected chi connectivity index (χ0v) is 13.8. The van der Waals surface area contributed by atoms with Crippen LogP contribution >= 0.6 is 0 Å². The van der Waals surface area contributed by atoms with Gasteiger partial charge in [-0.15, -0.1) is 13.2 Å². The van der Waals surface area contributed by atoms with Gasteiger partial charge in [0.15, 0.2) is 0 Å². The van der Waals surface area contributed by atoms with Gasteiger partial charge in [-0.1, -0.05) is 6.07 Å². The van der Waals surface area contributed by atoms with E-state index in [-0.39, 0.29) is 17.6 Å². The number of hydrogen-bond donors (Lipinski definition) is 0. The molecular weight excluding hydrogens is 349 g/mol. The van der Waals surface area contributed by atoms with Crippen LogP contribution in [0.15, 0.2) is 48.8 Å². The molecule has 26 heavy (non-hydrogen) atoms. The van der Waals surface area contributed by atoms with Crippen LogP contribution in [0.25, 0.3) is 0 Å². The quantitative estimate of drug-likeness (QED) is 0.829. The molecule has 3 rings (SSSR count). The van der Waals surface area contributed by atoms with Gasteiger partial charge in [-0.25, -0.2) is 0 Å². The molecule has 0 spiro atoms. The maximum absolute atomic E-state index is 12.6. The van der Waals surface area contributed by atoms with Crippen LogP contribution in [0.5, 0.6) is 11.5 Å². The second kappa shape index (κ2) is 7.63. The van der Waals surface area contributed by atoms with E-state index in [1.54, 1.807) is 29.4 Å². The van der Waals surface area contributed by atoms with E-state index < -0.39 is 12.1 Å². The van der Waals surface area contributed by atoms with E-state index in [1.807, 2.05) is 0 Å². The lowest BCUT2D eigenvalue weighted by Gasteiger charge is -2.33. The third-order valence-electron chi connectivity index (χ3n) is 3.93. The fourth-order valence-corrected chi connectivity index (χ4v) is 2.84. The minimum atomic E-state index is -4.80. The second-order valence-electron chi connectivity index (χ2n) is 5.89. The molecule has 2 heterocycles. The monoisotopic (exact) mass is 366 g/mol. The van der Waals surface area contributed by atoms with Crippen LogP contribution in [0.1, 0.15) is 23.2 Å². The molecule has 1 aromatic carbocycles. The Morgan fingerprint density at radius 2 is 1.92 bits per heavy atom. The second-order valence-corrected chi connectivity index (χ2v) is 5.89. The van der Waals surface area contributed by atoms with Gasteiger partial charge >= 0.3 is 6.36 Å². The number of rotatable bonds is 4. The summed E-state index contributed by atoms with van der Waals surface area (Å²) in [4.78, 5) is 18.1. The number of carbonyl (C=O) groups is 1. The van der Waals surface area contributed by atoms with Crippen LogP contribution in [-0.2, 0) is 0 Å². The van der Waals surface area contributed by atoms with E-state index in [9.17, 15) is 18.0 Å². The molecule has 1 fully saturated rings. The molecule has 2 aromatic rings. The van der Waals surface area contributed by atoms with E-state index in [4.69, 9.17) is 4.74 Å². The molecule has 1 aliphatic rings. The number of aromatic nitrogens is 1. The number of likely N-dealkylation sites (tertiary alicyclic amines) is 1. The smallest absolute Gasteiger partial charge is 0.488 e. The first kappa shape index (κ1) is 18.0. The van der Waals surface area contributed by atoms with E-state index in [0.717, 1.165) is 25.0 Å². The third-order valence-corrected chi connectivity index (χ3v) is 3.93. The first-order valence-corrected chi connectivity index (χ1v) is 8.12. The SMILES string of the molecule is O=C(c1cccc(OC(F)(F)F)c1)N1CCCC(Oc2ccncc2)C1. The van der Waals surface area contributed by atoms with Crippen LogP contribution < -0.4 is 9.47 Å². The molecule has 0 saturated carbocycles. The number of hydrogen-bond acceptors (Lipinski definition) is 4. The fraction of sp³-hybridized carbons (Fsp3) is 0.333. The van der Waals surface area contributed by atoms with Crippen molar-refractivity contribution in [1.29, 1.82) is 0 Å². The molecule has 138 valence electrons. The Bertz CT molecular complexity index is 753. The van der Waals surface area contributed by atoms with Crippen LogP contribution in [0, 0.1) is 0 Å². The van der Waals surface area contributed by atoms with Crippen molar-refractivity contribution in [2.24, 2.45) is 0 Å². The summed E-state index contributed by atoms with van der Waals surface area (Å²) in [5.74, 6) is -0.0922. The van der Waals surface area contributed by atoms with Crippen molar-refractivity contribution in [3.8, 4) is 11.5 Å². The Balaban J connectivity index is 1.66. The molecule has 1 unspecified atom stereocenters. The zero-order chi connectivity index (χ0) is 18.6. The molecule has 5 nitrogen and oxygen atoms in total. The summed E-state index contributed by atoms with van der Waals surface area (Å²) in [6.45, 7) is 0.894. The van der Waals surface area contributed by atoms with Gasteiger partial charge in [0, 0.05) is 24.5 Å². The third kappa shape index (κ3) is 4.87. The number of alkyl halides is 3. The van der Waals surface area contributed by atoms with Crippen molar-refractivity contribution >= 4 is 5.91 Å². The first-order chi connectivity index (χ1) is 12.4. The van der Waals surface area contributed by atoms with Gasteiger partial charge in [0.05, 0.1) is 6.54 Å². The van der Waals surface area contributed by atoms with Crippen LogP contribution in [-0.4, -0.2) is 41.3 Å². The van der Waals surface area contributed by atoms with Crippen molar-refractivity contribution in [3.05, 3.63) is 54.4 Å². The highest BCUT2D eigenvalue weighted by molar-refractivity contribution is 5.94. The van der Waals surface area contributed by atoms with Crippen LogP contribution in [0.2, 0.25) is 0 Å². The standard InChI is InChI=1S/C18H17F3N2O3/c19-18(20,21)26-15-4-1-3-13(11-15)17(24)23-10-2-5-16(12-23)25-14-6-8-22-9-7-14/h1,3-4,6-9,11,16H,2,5,10,12H2. The van der Waals surface area contributed by atoms with E-state index in [1.165, 1.54) is 12.1 Å². The van der Waals surface area contributed by atoms with Crippen molar-refractivity contribution < 1.29 is 27.4 Å². The molecule has 0 radical (unpaired) electrons. The summed E-state index contributed by atoms with van der Waals surface area (Å²) >= 11 is 0. The maximum atomic E-state index is 12.6. The Hall–Kier alpha value is -2.77. The van der Waals surface area contributed by atoms with Crippen LogP contribution in [0.3, 0.4) is 0 Å². The molecule has 1 aromatic heterocycles. The van der Waals surface area contributed by atoms with Gasteiger partial charge in [0.25, 0.3) is 5.91 Å². The van der Waals surface area contributed by atoms with Crippen molar-refractivity contribution in [2.75, 3.05) is 13.1 Å². The number of benzene rings is 1. The number of nitrogens with zero attached hydrogens (tertiary/aromatic N) is 2. The van der Waals surface area contributed by atoms with E-state index in [2.05, 4.69) is 9.72 Å². The van der Waals surface area contributed by atoms with E-state index in [0.29, 0.717) is 18.8 Å². The number of halogens is 3. The molecule has 8 heteroatoms. The normalized spacial score (nSPS) is 17.7. The lowest BCUT2D eigenvalue weighted by molar-refractivity contribution is -0.274. The zero-order valence-electron chi connectivity index (χ0n) is 13.8. The minimum Gasteiger partial charge on any atom is -0.488 e. The Morgan fingerprint density at radius 3 is 2.65 bits per heavy atom. The summed E-state index contributed by atoms with van der Waals surface area (Å²) in [7, 11) is 0. The predicted octanol–water partition coefficient (Wildman–Crippen LogP) is 3.66. The minimum absolute atomic E-state index is 0.149. The molecule has 0 bridgehead atoms. The molecule has 0 aliphatic carbocycles. The summed E-state index contributed by atoms with van der Waals surface area (Å²) < 4.78 is 46.8. The fourth-order valence-electron chi connectivity index (χ4n) is 2.84. The van der Waals surface area contributed by atoms with Gasteiger partial charge in [0.2, 0.25) is 0 Å². The number of ether oxygens (including phenoxy) is 2. The van der Waals surface area contributed by atoms with Gasteiger partial charge in [-0.05, 0) is 43.2 Å². The van der Waals surface area contributed by atoms with E-state index >= 15 is 0 Å². The predicted molar refractivity (Wildman–Crippen MR) is 86.9 cm³/mol. The van der Waals surface area contributed by atoms with Crippen molar-refractivity contribution in [3.63, 3.8) is 0 Å². The van der Waals surface area contributed by atoms with Gasteiger partial charge in [-0.2, -0.15) is 0 Å². The summed E-state index contributed by atoms with van der Waals surface area (Å²) in [6, 6.07) is 8.57. The number of piperidine rings is 1.